The van der Waals surface area contributed by atoms with Gasteiger partial charge in [-0.15, -0.1) is 0 Å². The molecule has 3 aliphatic rings. The van der Waals surface area contributed by atoms with Gasteiger partial charge in [0.2, 0.25) is 0 Å². The first-order valence-electron chi connectivity index (χ1n) is 10.9. The molecule has 182 valence electrons. The van der Waals surface area contributed by atoms with Gasteiger partial charge in [-0.2, -0.15) is 0 Å². The van der Waals surface area contributed by atoms with Crippen molar-refractivity contribution in [3.05, 3.63) is 52.0 Å². The van der Waals surface area contributed by atoms with E-state index in [2.05, 4.69) is 5.32 Å². The van der Waals surface area contributed by atoms with Crippen molar-refractivity contribution in [2.45, 2.75) is 30.5 Å². The highest BCUT2D eigenvalue weighted by atomic mass is 16.5. The number of carbonyl (C=O) groups is 3. The Bertz CT molecular complexity index is 1170. The van der Waals surface area contributed by atoms with E-state index in [0.717, 1.165) is 0 Å². The molecule has 0 bridgehead atoms. The number of aliphatic hydroxyl groups excluding tert-OH is 2. The fourth-order valence-corrected chi connectivity index (χ4v) is 6.27. The molecule has 0 saturated heterocycles. The first kappa shape index (κ1) is 23.9. The molecule has 6 atom stereocenters. The average molecular weight is 472 g/mol. The summed E-state index contributed by atoms with van der Waals surface area (Å²) in [6.45, 7) is 1.85. The van der Waals surface area contributed by atoms with Gasteiger partial charge in [-0.3, -0.25) is 19.3 Å². The molecule has 4 rings (SSSR count). The first-order valence-corrected chi connectivity index (χ1v) is 10.9. The fourth-order valence-electron chi connectivity index (χ4n) is 6.27. The van der Waals surface area contributed by atoms with Crippen LogP contribution in [0.25, 0.3) is 0 Å². The largest absolute Gasteiger partial charge is 0.510 e. The lowest BCUT2D eigenvalue weighted by Gasteiger charge is -2.56. The van der Waals surface area contributed by atoms with Gasteiger partial charge in [-0.25, -0.2) is 0 Å². The number of amides is 1. The lowest BCUT2D eigenvalue weighted by molar-refractivity contribution is -0.138. The number of aromatic hydroxyl groups is 1. The van der Waals surface area contributed by atoms with Gasteiger partial charge in [-0.05, 0) is 38.7 Å². The quantitative estimate of drug-likeness (QED) is 0.394. The summed E-state index contributed by atoms with van der Waals surface area (Å²) in [5.74, 6) is -6.06. The molecule has 0 aromatic heterocycles. The third-order valence-electron chi connectivity index (χ3n) is 7.68. The summed E-state index contributed by atoms with van der Waals surface area (Å²) in [6, 6.07) is 3.80. The molecule has 10 heteroatoms. The number of primary amides is 1. The number of nitrogens with zero attached hydrogens (tertiary/aromatic N) is 1. The van der Waals surface area contributed by atoms with Crippen LogP contribution in [-0.4, -0.2) is 83.6 Å². The molecule has 0 saturated carbocycles. The molecular formula is C24H29N3O7. The molecular weight excluding hydrogens is 442 g/mol. The fraction of sp³-hybridized carbons (Fsp3) is 0.458. The second kappa shape index (κ2) is 7.93. The Morgan fingerprint density at radius 3 is 2.38 bits per heavy atom. The van der Waals surface area contributed by atoms with Crippen molar-refractivity contribution in [2.75, 3.05) is 28.3 Å². The Morgan fingerprint density at radius 1 is 1.21 bits per heavy atom. The van der Waals surface area contributed by atoms with Crippen LogP contribution in [0.1, 0.15) is 28.8 Å². The number of phenolic OH excluding ortho intramolecular Hbond substituents is 1. The third-order valence-corrected chi connectivity index (χ3v) is 7.68. The van der Waals surface area contributed by atoms with Crippen molar-refractivity contribution in [1.29, 1.82) is 0 Å². The van der Waals surface area contributed by atoms with Gasteiger partial charge in [0, 0.05) is 24.5 Å². The SMILES string of the molecule is CN[C@@]12C(=O)C(C(N)=O)=C(O)[C@@H](N(C)C)[C@H]1C(OC)[C@H]1C(=C2O)C(=O)c2c(O)cccc2[C@@H]1C. The van der Waals surface area contributed by atoms with Crippen LogP contribution in [0.15, 0.2) is 40.9 Å². The number of benzene rings is 1. The molecule has 0 heterocycles. The summed E-state index contributed by atoms with van der Waals surface area (Å²) < 4.78 is 5.91. The zero-order valence-electron chi connectivity index (χ0n) is 19.6. The zero-order chi connectivity index (χ0) is 25.3. The molecule has 6 N–H and O–H groups in total. The van der Waals surface area contributed by atoms with Crippen LogP contribution < -0.4 is 11.1 Å². The number of Topliss-reactive ketones (excluding diaryl/α,β-unsaturated/α-hetero) is 2. The Hall–Kier alpha value is -3.21. The summed E-state index contributed by atoms with van der Waals surface area (Å²) in [5.41, 5.74) is 3.41. The van der Waals surface area contributed by atoms with E-state index in [1.54, 1.807) is 31.1 Å². The number of ketones is 2. The summed E-state index contributed by atoms with van der Waals surface area (Å²) in [7, 11) is 6.16. The highest BCUT2D eigenvalue weighted by Crippen LogP contribution is 2.56. The lowest BCUT2D eigenvalue weighted by Crippen LogP contribution is -2.73. The van der Waals surface area contributed by atoms with Crippen molar-refractivity contribution in [2.24, 2.45) is 17.6 Å². The van der Waals surface area contributed by atoms with Gasteiger partial charge in [-0.1, -0.05) is 19.1 Å². The number of likely N-dealkylation sites (N-methyl/N-ethyl adjacent to an activating group) is 2. The van der Waals surface area contributed by atoms with Crippen LogP contribution in [-0.2, 0) is 14.3 Å². The maximum atomic E-state index is 13.8. The van der Waals surface area contributed by atoms with Crippen LogP contribution in [0.3, 0.4) is 0 Å². The first-order chi connectivity index (χ1) is 16.0. The Morgan fingerprint density at radius 2 is 1.85 bits per heavy atom. The van der Waals surface area contributed by atoms with E-state index in [4.69, 9.17) is 10.5 Å². The number of nitrogens with one attached hydrogen (secondary N) is 1. The molecule has 0 radical (unpaired) electrons. The predicted molar refractivity (Wildman–Crippen MR) is 121 cm³/mol. The molecule has 34 heavy (non-hydrogen) atoms. The molecule has 0 fully saturated rings. The maximum Gasteiger partial charge on any atom is 0.255 e. The van der Waals surface area contributed by atoms with Crippen molar-refractivity contribution < 1.29 is 34.4 Å². The van der Waals surface area contributed by atoms with Gasteiger partial charge >= 0.3 is 0 Å². The minimum Gasteiger partial charge on any atom is -0.510 e. The summed E-state index contributed by atoms with van der Waals surface area (Å²) in [4.78, 5) is 41.3. The van der Waals surface area contributed by atoms with Gasteiger partial charge < -0.3 is 31.1 Å². The number of carbonyl (C=O) groups excluding carboxylic acids is 3. The maximum absolute atomic E-state index is 13.8. The molecule has 0 aliphatic heterocycles. The van der Waals surface area contributed by atoms with Crippen LogP contribution in [0, 0.1) is 11.8 Å². The second-order valence-corrected chi connectivity index (χ2v) is 9.29. The number of hydrogen-bond donors (Lipinski definition) is 5. The smallest absolute Gasteiger partial charge is 0.255 e. The average Bonchev–Trinajstić information content (AvgIpc) is 2.76. The Labute approximate surface area is 196 Å². The van der Waals surface area contributed by atoms with Gasteiger partial charge in [0.25, 0.3) is 5.91 Å². The molecule has 1 unspecified atom stereocenters. The third kappa shape index (κ3) is 2.76. The van der Waals surface area contributed by atoms with E-state index < -0.39 is 70.0 Å². The predicted octanol–water partition coefficient (Wildman–Crippen LogP) is 0.534. The van der Waals surface area contributed by atoms with Crippen molar-refractivity contribution in [1.82, 2.24) is 10.2 Å². The van der Waals surface area contributed by atoms with Crippen molar-refractivity contribution in [3.8, 4) is 5.75 Å². The highest BCUT2D eigenvalue weighted by Gasteiger charge is 2.67. The van der Waals surface area contributed by atoms with E-state index in [-0.39, 0.29) is 16.9 Å². The number of fused-ring (bicyclic) bond motifs is 3. The standard InChI is InChI=1S/C24H29N3O7/c1-9-10-7-6-8-11(28)13(10)18(29)14-12(9)20(34-5)16-17(27(3)4)19(30)15(23(25)33)22(32)24(16,26-2)21(14)31/h6-9,12,16-17,20,26,28,30-31H,1-5H3,(H2,25,33)/t9-,12+,16-,17-,20?,24-/m0/s1. The number of hydrogen-bond acceptors (Lipinski definition) is 9. The summed E-state index contributed by atoms with van der Waals surface area (Å²) in [5, 5.41) is 36.0. The monoisotopic (exact) mass is 471 g/mol. The number of phenols is 1. The van der Waals surface area contributed by atoms with Crippen LogP contribution >= 0.6 is 0 Å². The number of ether oxygens (including phenoxy) is 1. The lowest BCUT2D eigenvalue weighted by atomic mass is 9.54. The zero-order valence-corrected chi connectivity index (χ0v) is 19.6. The minimum atomic E-state index is -1.98. The highest BCUT2D eigenvalue weighted by molar-refractivity contribution is 6.25. The van der Waals surface area contributed by atoms with Crippen LogP contribution in [0.4, 0.5) is 0 Å². The van der Waals surface area contributed by atoms with Gasteiger partial charge in [0.05, 0.1) is 17.7 Å². The number of methoxy groups -OCH3 is 1. The van der Waals surface area contributed by atoms with Crippen LogP contribution in [0.5, 0.6) is 5.75 Å². The van der Waals surface area contributed by atoms with E-state index in [1.165, 1.54) is 20.2 Å². The molecule has 1 amide bonds. The molecule has 10 nitrogen and oxygen atoms in total. The topological polar surface area (TPSA) is 162 Å². The van der Waals surface area contributed by atoms with E-state index in [9.17, 15) is 29.7 Å². The second-order valence-electron chi connectivity index (χ2n) is 9.29. The molecule has 1 aromatic rings. The molecule has 0 spiro atoms. The molecule has 3 aliphatic carbocycles. The number of nitrogens with two attached hydrogens (primary N) is 1. The minimum absolute atomic E-state index is 0.0493. The Balaban J connectivity index is 2.12. The van der Waals surface area contributed by atoms with Crippen LogP contribution in [0.2, 0.25) is 0 Å². The number of aliphatic hydroxyl groups is 2. The van der Waals surface area contributed by atoms with Crippen molar-refractivity contribution in [3.63, 3.8) is 0 Å². The summed E-state index contributed by atoms with van der Waals surface area (Å²) >= 11 is 0. The normalized spacial score (nSPS) is 33.1. The van der Waals surface area contributed by atoms with E-state index in [1.807, 2.05) is 6.92 Å². The van der Waals surface area contributed by atoms with E-state index >= 15 is 0 Å². The summed E-state index contributed by atoms with van der Waals surface area (Å²) in [6.07, 6.45) is -0.847. The van der Waals surface area contributed by atoms with E-state index in [0.29, 0.717) is 5.56 Å². The number of rotatable bonds is 4. The molecule has 1 aromatic carbocycles. The van der Waals surface area contributed by atoms with Gasteiger partial charge in [0.15, 0.2) is 11.6 Å². The van der Waals surface area contributed by atoms with Gasteiger partial charge in [0.1, 0.15) is 28.4 Å². The van der Waals surface area contributed by atoms with Crippen molar-refractivity contribution >= 4 is 17.5 Å². The Kier molecular flexibility index (Phi) is 5.58.